The number of piperidine rings is 1. The molecule has 1 fully saturated rings. The van der Waals surface area contributed by atoms with Gasteiger partial charge >= 0.3 is 0 Å². The molecule has 0 bridgehead atoms. The molecule has 3 heterocycles. The van der Waals surface area contributed by atoms with E-state index < -0.39 is 0 Å². The second-order valence-electron chi connectivity index (χ2n) is 6.59. The number of nitrogens with zero attached hydrogens (tertiary/aromatic N) is 2. The summed E-state index contributed by atoms with van der Waals surface area (Å²) in [5, 5.41) is 6.46. The molecule has 2 aromatic rings. The van der Waals surface area contributed by atoms with Crippen molar-refractivity contribution in [3.8, 4) is 0 Å². The van der Waals surface area contributed by atoms with Crippen molar-refractivity contribution in [2.75, 3.05) is 19.6 Å². The lowest BCUT2D eigenvalue weighted by Crippen LogP contribution is -2.36. The van der Waals surface area contributed by atoms with Crippen molar-refractivity contribution in [3.05, 3.63) is 36.3 Å². The number of imidazole rings is 1. The van der Waals surface area contributed by atoms with Crippen LogP contribution in [-0.2, 0) is 11.2 Å². The van der Waals surface area contributed by atoms with Crippen molar-refractivity contribution in [1.82, 2.24) is 20.0 Å². The summed E-state index contributed by atoms with van der Waals surface area (Å²) < 4.78 is 2.01. The highest BCUT2D eigenvalue weighted by Gasteiger charge is 2.21. The molecular formula is C18H26N4O. The number of aromatic nitrogens is 2. The van der Waals surface area contributed by atoms with Crippen molar-refractivity contribution in [2.45, 2.75) is 32.6 Å². The van der Waals surface area contributed by atoms with Gasteiger partial charge in [-0.15, -0.1) is 0 Å². The monoisotopic (exact) mass is 314 g/mol. The normalized spacial score (nSPS) is 19.6. The van der Waals surface area contributed by atoms with E-state index >= 15 is 0 Å². The first-order valence-electron chi connectivity index (χ1n) is 8.62. The summed E-state index contributed by atoms with van der Waals surface area (Å²) in [6.45, 7) is 5.02. The van der Waals surface area contributed by atoms with Crippen molar-refractivity contribution in [1.29, 1.82) is 0 Å². The number of rotatable bonds is 6. The Hall–Kier alpha value is -1.88. The lowest BCUT2D eigenvalue weighted by atomic mass is 9.85. The molecule has 3 rings (SSSR count). The van der Waals surface area contributed by atoms with E-state index in [4.69, 9.17) is 0 Å². The third-order valence-electron chi connectivity index (χ3n) is 4.76. The van der Waals surface area contributed by atoms with Crippen molar-refractivity contribution in [3.63, 3.8) is 0 Å². The van der Waals surface area contributed by atoms with Crippen LogP contribution >= 0.6 is 0 Å². The molecule has 1 saturated heterocycles. The number of fused-ring (bicyclic) bond motifs is 1. The fourth-order valence-corrected chi connectivity index (χ4v) is 3.33. The average molecular weight is 314 g/mol. The van der Waals surface area contributed by atoms with Crippen LogP contribution in [0.5, 0.6) is 0 Å². The molecule has 124 valence electrons. The topological polar surface area (TPSA) is 58.4 Å². The van der Waals surface area contributed by atoms with Gasteiger partial charge in [-0.2, -0.15) is 0 Å². The molecule has 5 nitrogen and oxygen atoms in total. The maximum Gasteiger partial charge on any atom is 0.220 e. The van der Waals surface area contributed by atoms with Gasteiger partial charge < -0.3 is 15.0 Å². The molecule has 1 aliphatic rings. The summed E-state index contributed by atoms with van der Waals surface area (Å²) in [6.07, 6.45) is 7.87. The molecule has 23 heavy (non-hydrogen) atoms. The van der Waals surface area contributed by atoms with Crippen LogP contribution in [0.2, 0.25) is 0 Å². The Morgan fingerprint density at radius 2 is 2.43 bits per heavy atom. The maximum atomic E-state index is 12.1. The molecule has 1 amide bonds. The Morgan fingerprint density at radius 1 is 1.52 bits per heavy atom. The van der Waals surface area contributed by atoms with Gasteiger partial charge in [0.05, 0.1) is 5.69 Å². The zero-order valence-corrected chi connectivity index (χ0v) is 13.8. The average Bonchev–Trinajstić information content (AvgIpc) is 2.98. The predicted molar refractivity (Wildman–Crippen MR) is 91.3 cm³/mol. The van der Waals surface area contributed by atoms with Crippen LogP contribution in [0, 0.1) is 11.8 Å². The number of carbonyl (C=O) groups is 1. The third-order valence-corrected chi connectivity index (χ3v) is 4.76. The van der Waals surface area contributed by atoms with E-state index in [1.54, 1.807) is 0 Å². The quantitative estimate of drug-likeness (QED) is 0.857. The van der Waals surface area contributed by atoms with Crippen LogP contribution in [0.4, 0.5) is 0 Å². The van der Waals surface area contributed by atoms with E-state index in [-0.39, 0.29) is 5.91 Å². The number of hydrogen-bond donors (Lipinski definition) is 2. The van der Waals surface area contributed by atoms with Gasteiger partial charge in [0.25, 0.3) is 0 Å². The third kappa shape index (κ3) is 4.32. The Bertz CT molecular complexity index is 612. The second kappa shape index (κ2) is 7.59. The van der Waals surface area contributed by atoms with Gasteiger partial charge in [-0.25, -0.2) is 4.98 Å². The van der Waals surface area contributed by atoms with E-state index in [1.807, 2.05) is 35.0 Å². The summed E-state index contributed by atoms with van der Waals surface area (Å²) in [4.78, 5) is 16.6. The van der Waals surface area contributed by atoms with E-state index in [0.29, 0.717) is 24.8 Å². The standard InChI is InChI=1S/C18H26N4O/c1-14(15-5-4-8-19-12-15)11-18(23)20-9-7-16-13-22-10-3-2-6-17(22)21-16/h2-3,6,10,13-15,19H,4-5,7-9,11-12H2,1H3,(H,20,23). The van der Waals surface area contributed by atoms with Gasteiger partial charge in [0.15, 0.2) is 0 Å². The zero-order valence-electron chi connectivity index (χ0n) is 13.8. The number of nitrogens with one attached hydrogen (secondary N) is 2. The largest absolute Gasteiger partial charge is 0.356 e. The maximum absolute atomic E-state index is 12.1. The number of hydrogen-bond acceptors (Lipinski definition) is 3. The minimum atomic E-state index is 0.159. The highest BCUT2D eigenvalue weighted by molar-refractivity contribution is 5.76. The molecule has 0 aliphatic carbocycles. The minimum absolute atomic E-state index is 0.159. The first-order chi connectivity index (χ1) is 11.2. The molecule has 0 aromatic carbocycles. The summed E-state index contributed by atoms with van der Waals surface area (Å²) in [5.74, 6) is 1.23. The van der Waals surface area contributed by atoms with Crippen LogP contribution in [0.3, 0.4) is 0 Å². The Kier molecular flexibility index (Phi) is 5.28. The fourth-order valence-electron chi connectivity index (χ4n) is 3.33. The number of carbonyl (C=O) groups excluding carboxylic acids is 1. The Labute approximate surface area is 137 Å². The molecule has 1 aliphatic heterocycles. The lowest BCUT2D eigenvalue weighted by molar-refractivity contribution is -0.122. The van der Waals surface area contributed by atoms with Gasteiger partial charge in [0.2, 0.25) is 5.91 Å². The Balaban J connectivity index is 1.41. The molecule has 2 atom stereocenters. The molecule has 0 spiro atoms. The molecular weight excluding hydrogens is 288 g/mol. The number of pyridine rings is 1. The molecule has 2 aromatic heterocycles. The van der Waals surface area contributed by atoms with Crippen LogP contribution in [0.25, 0.3) is 5.65 Å². The Morgan fingerprint density at radius 3 is 3.22 bits per heavy atom. The van der Waals surface area contributed by atoms with Crippen LogP contribution in [0.15, 0.2) is 30.6 Å². The van der Waals surface area contributed by atoms with Crippen LogP contribution < -0.4 is 10.6 Å². The predicted octanol–water partition coefficient (Wildman–Crippen LogP) is 2.02. The highest BCUT2D eigenvalue weighted by Crippen LogP contribution is 2.22. The van der Waals surface area contributed by atoms with Crippen molar-refractivity contribution >= 4 is 11.6 Å². The van der Waals surface area contributed by atoms with Crippen molar-refractivity contribution in [2.24, 2.45) is 11.8 Å². The first kappa shape index (κ1) is 16.0. The van der Waals surface area contributed by atoms with Gasteiger partial charge in [-0.3, -0.25) is 4.79 Å². The molecule has 0 saturated carbocycles. The highest BCUT2D eigenvalue weighted by atomic mass is 16.1. The molecule has 5 heteroatoms. The molecule has 0 radical (unpaired) electrons. The minimum Gasteiger partial charge on any atom is -0.356 e. The van der Waals surface area contributed by atoms with Crippen LogP contribution in [0.1, 0.15) is 31.9 Å². The smallest absolute Gasteiger partial charge is 0.220 e. The van der Waals surface area contributed by atoms with Gasteiger partial charge in [0.1, 0.15) is 5.65 Å². The SMILES string of the molecule is CC(CC(=O)NCCc1cn2ccccc2n1)C1CCCNC1. The van der Waals surface area contributed by atoms with Crippen molar-refractivity contribution < 1.29 is 4.79 Å². The first-order valence-corrected chi connectivity index (χ1v) is 8.62. The second-order valence-corrected chi connectivity index (χ2v) is 6.59. The summed E-state index contributed by atoms with van der Waals surface area (Å²) in [6, 6.07) is 5.96. The zero-order chi connectivity index (χ0) is 16.1. The van der Waals surface area contributed by atoms with Gasteiger partial charge in [-0.1, -0.05) is 13.0 Å². The van der Waals surface area contributed by atoms with Gasteiger partial charge in [0, 0.05) is 31.8 Å². The summed E-state index contributed by atoms with van der Waals surface area (Å²) in [7, 11) is 0. The summed E-state index contributed by atoms with van der Waals surface area (Å²) >= 11 is 0. The van der Waals surface area contributed by atoms with E-state index in [9.17, 15) is 4.79 Å². The fraction of sp³-hybridized carbons (Fsp3) is 0.556. The molecule has 2 N–H and O–H groups in total. The van der Waals surface area contributed by atoms with Crippen LogP contribution in [-0.4, -0.2) is 34.9 Å². The van der Waals surface area contributed by atoms with E-state index in [0.717, 1.165) is 30.9 Å². The summed E-state index contributed by atoms with van der Waals surface area (Å²) in [5.41, 5.74) is 1.97. The van der Waals surface area contributed by atoms with Gasteiger partial charge in [-0.05, 0) is 49.9 Å². The number of amides is 1. The van der Waals surface area contributed by atoms with E-state index in [2.05, 4.69) is 22.5 Å². The molecule has 2 unspecified atom stereocenters. The lowest BCUT2D eigenvalue weighted by Gasteiger charge is -2.28. The van der Waals surface area contributed by atoms with E-state index in [1.165, 1.54) is 12.8 Å².